The van der Waals surface area contributed by atoms with Gasteiger partial charge < -0.3 is 14.2 Å². The van der Waals surface area contributed by atoms with Gasteiger partial charge >= 0.3 is 0 Å². The van der Waals surface area contributed by atoms with Crippen LogP contribution >= 0.6 is 0 Å². The highest BCUT2D eigenvalue weighted by atomic mass is 16.5. The molecule has 1 aromatic carbocycles. The molecule has 3 heterocycles. The van der Waals surface area contributed by atoms with E-state index >= 15 is 0 Å². The number of likely N-dealkylation sites (tertiary alicyclic amines) is 1. The third-order valence-electron chi connectivity index (χ3n) is 5.20. The van der Waals surface area contributed by atoms with E-state index in [9.17, 15) is 4.79 Å². The van der Waals surface area contributed by atoms with Gasteiger partial charge in [-0.1, -0.05) is 30.3 Å². The molecule has 0 aliphatic carbocycles. The molecule has 1 saturated heterocycles. The van der Waals surface area contributed by atoms with Crippen LogP contribution in [0.4, 0.5) is 0 Å². The number of aromatic nitrogens is 3. The maximum atomic E-state index is 12.8. The predicted molar refractivity (Wildman–Crippen MR) is 103 cm³/mol. The zero-order valence-corrected chi connectivity index (χ0v) is 15.9. The van der Waals surface area contributed by atoms with Crippen molar-refractivity contribution in [1.82, 2.24) is 20.0 Å². The molecule has 1 fully saturated rings. The second kappa shape index (κ2) is 7.80. The van der Waals surface area contributed by atoms with Gasteiger partial charge in [0, 0.05) is 36.6 Å². The normalized spacial score (nSPS) is 19.0. The zero-order chi connectivity index (χ0) is 19.5. The molecule has 0 unspecified atom stereocenters. The topological polar surface area (TPSA) is 81.4 Å². The number of amides is 1. The van der Waals surface area contributed by atoms with E-state index in [1.807, 2.05) is 41.3 Å². The molecule has 7 nitrogen and oxygen atoms in total. The van der Waals surface area contributed by atoms with Crippen molar-refractivity contribution < 1.29 is 14.1 Å². The first-order valence-electron chi connectivity index (χ1n) is 9.29. The summed E-state index contributed by atoms with van der Waals surface area (Å²) >= 11 is 0. The standard InChI is InChI=1S/C21H22N4O3/c1-14-12-25(19(26)11-16-5-3-4-6-18(16)27-2)13-17(14)21-23-20(24-28-21)15-7-9-22-10-8-15/h3-10,14,17H,11-13H2,1-2H3/t14-,17-/m0/s1. The number of methoxy groups -OCH3 is 1. The highest BCUT2D eigenvalue weighted by Gasteiger charge is 2.37. The average molecular weight is 378 g/mol. The fourth-order valence-electron chi connectivity index (χ4n) is 3.62. The Hall–Kier alpha value is -3.22. The number of carbonyl (C=O) groups is 1. The van der Waals surface area contributed by atoms with Gasteiger partial charge in [-0.2, -0.15) is 4.98 Å². The van der Waals surface area contributed by atoms with E-state index in [4.69, 9.17) is 9.26 Å². The van der Waals surface area contributed by atoms with Crippen molar-refractivity contribution in [3.05, 3.63) is 60.2 Å². The molecule has 1 amide bonds. The average Bonchev–Trinajstić information content (AvgIpc) is 3.36. The SMILES string of the molecule is COc1ccccc1CC(=O)N1C[C@H](c2nc(-c3ccncc3)no2)[C@@H](C)C1. The van der Waals surface area contributed by atoms with Crippen LogP contribution in [0.5, 0.6) is 5.75 Å². The lowest BCUT2D eigenvalue weighted by atomic mass is 9.98. The van der Waals surface area contributed by atoms with Gasteiger partial charge in [0.05, 0.1) is 19.4 Å². The van der Waals surface area contributed by atoms with E-state index in [0.717, 1.165) is 16.9 Å². The van der Waals surface area contributed by atoms with Crippen molar-refractivity contribution in [3.8, 4) is 17.1 Å². The first-order valence-corrected chi connectivity index (χ1v) is 9.29. The number of ether oxygens (including phenoxy) is 1. The lowest BCUT2D eigenvalue weighted by molar-refractivity contribution is -0.129. The second-order valence-electron chi connectivity index (χ2n) is 7.06. The number of hydrogen-bond donors (Lipinski definition) is 0. The summed E-state index contributed by atoms with van der Waals surface area (Å²) < 4.78 is 10.9. The molecule has 2 aromatic heterocycles. The minimum absolute atomic E-state index is 0.0321. The van der Waals surface area contributed by atoms with Crippen molar-refractivity contribution in [3.63, 3.8) is 0 Å². The first-order chi connectivity index (χ1) is 13.7. The van der Waals surface area contributed by atoms with Gasteiger partial charge in [0.25, 0.3) is 0 Å². The fraction of sp³-hybridized carbons (Fsp3) is 0.333. The van der Waals surface area contributed by atoms with Gasteiger partial charge in [0.2, 0.25) is 17.6 Å². The Balaban J connectivity index is 1.46. The van der Waals surface area contributed by atoms with Crippen LogP contribution in [0.1, 0.15) is 24.3 Å². The van der Waals surface area contributed by atoms with Gasteiger partial charge in [0.15, 0.2) is 0 Å². The number of nitrogens with zero attached hydrogens (tertiary/aromatic N) is 4. The Morgan fingerprint density at radius 1 is 1.21 bits per heavy atom. The summed E-state index contributed by atoms with van der Waals surface area (Å²) in [5.41, 5.74) is 1.75. The van der Waals surface area contributed by atoms with Gasteiger partial charge in [-0.25, -0.2) is 0 Å². The largest absolute Gasteiger partial charge is 0.496 e. The molecule has 4 rings (SSSR count). The van der Waals surface area contributed by atoms with E-state index in [0.29, 0.717) is 31.2 Å². The second-order valence-corrected chi connectivity index (χ2v) is 7.06. The molecule has 0 radical (unpaired) electrons. The van der Waals surface area contributed by atoms with Crippen LogP contribution in [-0.4, -0.2) is 46.1 Å². The molecule has 2 atom stereocenters. The molecular weight excluding hydrogens is 356 g/mol. The van der Waals surface area contributed by atoms with Gasteiger partial charge in [0.1, 0.15) is 5.75 Å². The van der Waals surface area contributed by atoms with Crippen LogP contribution in [-0.2, 0) is 11.2 Å². The summed E-state index contributed by atoms with van der Waals surface area (Å²) in [6.45, 7) is 3.36. The minimum Gasteiger partial charge on any atom is -0.496 e. The summed E-state index contributed by atoms with van der Waals surface area (Å²) in [6.07, 6.45) is 3.71. The number of benzene rings is 1. The molecule has 3 aromatic rings. The Kier molecular flexibility index (Phi) is 5.06. The Labute approximate surface area is 163 Å². The molecule has 1 aliphatic heterocycles. The van der Waals surface area contributed by atoms with Gasteiger partial charge in [-0.05, 0) is 24.1 Å². The molecule has 1 aliphatic rings. The van der Waals surface area contributed by atoms with Gasteiger partial charge in [-0.15, -0.1) is 0 Å². The Bertz CT molecular complexity index is 957. The van der Waals surface area contributed by atoms with E-state index in [1.54, 1.807) is 19.5 Å². The summed E-state index contributed by atoms with van der Waals surface area (Å²) in [6, 6.07) is 11.3. The number of rotatable bonds is 5. The quantitative estimate of drug-likeness (QED) is 0.679. The van der Waals surface area contributed by atoms with E-state index < -0.39 is 0 Å². The van der Waals surface area contributed by atoms with Crippen LogP contribution in [0, 0.1) is 5.92 Å². The van der Waals surface area contributed by atoms with Crippen molar-refractivity contribution >= 4 is 5.91 Å². The highest BCUT2D eigenvalue weighted by Crippen LogP contribution is 2.33. The van der Waals surface area contributed by atoms with Gasteiger partial charge in [-0.3, -0.25) is 9.78 Å². The third kappa shape index (κ3) is 3.60. The molecule has 7 heteroatoms. The first kappa shape index (κ1) is 18.2. The smallest absolute Gasteiger partial charge is 0.232 e. The Morgan fingerprint density at radius 3 is 2.79 bits per heavy atom. The molecule has 0 N–H and O–H groups in total. The van der Waals surface area contributed by atoms with E-state index in [2.05, 4.69) is 22.0 Å². The monoisotopic (exact) mass is 378 g/mol. The molecule has 144 valence electrons. The van der Waals surface area contributed by atoms with Crippen LogP contribution in [0.25, 0.3) is 11.4 Å². The molecular formula is C21H22N4O3. The van der Waals surface area contributed by atoms with Crippen molar-refractivity contribution in [1.29, 1.82) is 0 Å². The summed E-state index contributed by atoms with van der Waals surface area (Å²) in [5, 5.41) is 4.09. The third-order valence-corrected chi connectivity index (χ3v) is 5.20. The molecule has 0 spiro atoms. The molecule has 0 saturated carbocycles. The number of para-hydroxylation sites is 1. The molecule has 28 heavy (non-hydrogen) atoms. The molecule has 0 bridgehead atoms. The van der Waals surface area contributed by atoms with Crippen LogP contribution in [0.3, 0.4) is 0 Å². The number of hydrogen-bond acceptors (Lipinski definition) is 6. The lowest BCUT2D eigenvalue weighted by Crippen LogP contribution is -2.30. The van der Waals surface area contributed by atoms with Crippen LogP contribution < -0.4 is 4.74 Å². The summed E-state index contributed by atoms with van der Waals surface area (Å²) in [7, 11) is 1.62. The van der Waals surface area contributed by atoms with Crippen LogP contribution in [0.15, 0.2) is 53.3 Å². The van der Waals surface area contributed by atoms with Crippen molar-refractivity contribution in [2.45, 2.75) is 19.3 Å². The predicted octanol–water partition coefficient (Wildman–Crippen LogP) is 2.94. The van der Waals surface area contributed by atoms with Crippen molar-refractivity contribution in [2.24, 2.45) is 5.92 Å². The summed E-state index contributed by atoms with van der Waals surface area (Å²) in [4.78, 5) is 23.3. The highest BCUT2D eigenvalue weighted by molar-refractivity contribution is 5.80. The van der Waals surface area contributed by atoms with E-state index in [-0.39, 0.29) is 17.7 Å². The Morgan fingerprint density at radius 2 is 2.00 bits per heavy atom. The van der Waals surface area contributed by atoms with E-state index in [1.165, 1.54) is 0 Å². The fourth-order valence-corrected chi connectivity index (χ4v) is 3.62. The number of pyridine rings is 1. The maximum absolute atomic E-state index is 12.8. The van der Waals surface area contributed by atoms with Crippen LogP contribution in [0.2, 0.25) is 0 Å². The summed E-state index contributed by atoms with van der Waals surface area (Å²) in [5.74, 6) is 2.21. The maximum Gasteiger partial charge on any atom is 0.232 e. The minimum atomic E-state index is 0.0321. The van der Waals surface area contributed by atoms with Crippen molar-refractivity contribution in [2.75, 3.05) is 20.2 Å². The number of carbonyl (C=O) groups excluding carboxylic acids is 1. The lowest BCUT2D eigenvalue weighted by Gasteiger charge is -2.17. The zero-order valence-electron chi connectivity index (χ0n) is 15.9.